The molecule has 0 amide bonds. The molecule has 3 rings (SSSR count). The number of aliphatic hydroxyl groups is 1. The molecule has 1 aliphatic rings. The van der Waals surface area contributed by atoms with Crippen molar-refractivity contribution >= 4 is 5.97 Å². The van der Waals surface area contributed by atoms with E-state index in [9.17, 15) is 13.6 Å². The maximum absolute atomic E-state index is 13.0. The lowest BCUT2D eigenvalue weighted by atomic mass is 9.93. The predicted octanol–water partition coefficient (Wildman–Crippen LogP) is 3.27. The molecule has 26 heavy (non-hydrogen) atoms. The van der Waals surface area contributed by atoms with Gasteiger partial charge in [-0.2, -0.15) is 0 Å². The molecule has 4 nitrogen and oxygen atoms in total. The minimum Gasteiger partial charge on any atom is -0.481 e. The van der Waals surface area contributed by atoms with Crippen LogP contribution in [0.5, 0.6) is 0 Å². The summed E-state index contributed by atoms with van der Waals surface area (Å²) in [6, 6.07) is 13.9. The highest BCUT2D eigenvalue weighted by Gasteiger charge is 2.61. The fraction of sp³-hybridized carbons (Fsp3) is 0.350. The molecule has 1 aliphatic carbocycles. The van der Waals surface area contributed by atoms with Gasteiger partial charge in [0.1, 0.15) is 0 Å². The minimum atomic E-state index is -1.25. The zero-order chi connectivity index (χ0) is 19.3. The van der Waals surface area contributed by atoms with Crippen molar-refractivity contribution in [1.29, 1.82) is 0 Å². The van der Waals surface area contributed by atoms with Crippen LogP contribution >= 0.6 is 0 Å². The highest BCUT2D eigenvalue weighted by atomic mass is 19.2. The number of carboxylic acids is 1. The van der Waals surface area contributed by atoms with E-state index in [0.717, 1.165) is 12.1 Å². The van der Waals surface area contributed by atoms with Crippen LogP contribution in [-0.4, -0.2) is 29.8 Å². The Labute approximate surface area is 151 Å². The van der Waals surface area contributed by atoms with Gasteiger partial charge in [-0.25, -0.2) is 8.78 Å². The lowest BCUT2D eigenvalue weighted by Crippen LogP contribution is -2.23. The van der Waals surface area contributed by atoms with Gasteiger partial charge in [-0.1, -0.05) is 36.4 Å². The molecule has 2 aromatic carbocycles. The molecule has 2 aromatic rings. The average molecular weight is 363 g/mol. The van der Waals surface area contributed by atoms with Crippen molar-refractivity contribution in [1.82, 2.24) is 5.32 Å². The van der Waals surface area contributed by atoms with E-state index in [-0.39, 0.29) is 18.6 Å². The summed E-state index contributed by atoms with van der Waals surface area (Å²) in [5.41, 5.74) is 0.298. The summed E-state index contributed by atoms with van der Waals surface area (Å²) in [4.78, 5) is 11.1. The van der Waals surface area contributed by atoms with Crippen LogP contribution < -0.4 is 5.32 Å². The predicted molar refractivity (Wildman–Crippen MR) is 94.8 cm³/mol. The van der Waals surface area contributed by atoms with Gasteiger partial charge < -0.3 is 15.5 Å². The highest BCUT2D eigenvalue weighted by Crippen LogP contribution is 2.54. The molecule has 1 unspecified atom stereocenters. The van der Waals surface area contributed by atoms with Gasteiger partial charge in [-0.15, -0.1) is 0 Å². The van der Waals surface area contributed by atoms with Gasteiger partial charge in [0.05, 0.1) is 5.41 Å². The van der Waals surface area contributed by atoms with Gasteiger partial charge in [-0.05, 0) is 43.7 Å². The summed E-state index contributed by atoms with van der Waals surface area (Å²) in [5.74, 6) is -3.61. The highest BCUT2D eigenvalue weighted by molar-refractivity contribution is 5.85. The van der Waals surface area contributed by atoms with Crippen molar-refractivity contribution in [3.05, 3.63) is 71.3 Å². The maximum atomic E-state index is 13.0. The van der Waals surface area contributed by atoms with Crippen LogP contribution in [0.3, 0.4) is 0 Å². The minimum absolute atomic E-state index is 0.206. The Hall–Kier alpha value is -2.31. The van der Waals surface area contributed by atoms with Crippen LogP contribution in [0.2, 0.25) is 0 Å². The van der Waals surface area contributed by atoms with Gasteiger partial charge in [0.2, 0.25) is 0 Å². The molecule has 0 spiro atoms. The Bertz CT molecular complexity index is 754. The second-order valence-corrected chi connectivity index (χ2v) is 6.41. The summed E-state index contributed by atoms with van der Waals surface area (Å²) < 4.78 is 25.7. The number of hydrogen-bond donors (Lipinski definition) is 3. The molecule has 0 aromatic heterocycles. The summed E-state index contributed by atoms with van der Waals surface area (Å²) in [6.07, 6.45) is 0.254. The van der Waals surface area contributed by atoms with E-state index in [0.29, 0.717) is 6.04 Å². The molecule has 0 saturated heterocycles. The van der Waals surface area contributed by atoms with E-state index in [4.69, 9.17) is 10.2 Å². The quantitative estimate of drug-likeness (QED) is 0.763. The first-order valence-electron chi connectivity index (χ1n) is 8.38. The molecule has 1 fully saturated rings. The van der Waals surface area contributed by atoms with Crippen LogP contribution in [0.4, 0.5) is 8.78 Å². The van der Waals surface area contributed by atoms with Crippen LogP contribution in [0, 0.1) is 17.6 Å². The molecular formula is C20H23F2NO3. The Morgan fingerprint density at radius 2 is 1.88 bits per heavy atom. The normalized spacial score (nSPS) is 22.1. The first-order chi connectivity index (χ1) is 12.4. The van der Waals surface area contributed by atoms with Crippen molar-refractivity contribution in [2.45, 2.75) is 24.8 Å². The monoisotopic (exact) mass is 363 g/mol. The van der Waals surface area contributed by atoms with Crippen LogP contribution in [-0.2, 0) is 10.2 Å². The van der Waals surface area contributed by atoms with E-state index in [1.54, 1.807) is 0 Å². The number of aliphatic carboxylic acids is 1. The topological polar surface area (TPSA) is 69.6 Å². The van der Waals surface area contributed by atoms with Gasteiger partial charge >= 0.3 is 5.97 Å². The molecule has 3 atom stereocenters. The molecule has 0 aliphatic heterocycles. The van der Waals surface area contributed by atoms with Crippen molar-refractivity contribution in [3.63, 3.8) is 0 Å². The van der Waals surface area contributed by atoms with Crippen molar-refractivity contribution < 1.29 is 23.8 Å². The van der Waals surface area contributed by atoms with E-state index < -0.39 is 28.9 Å². The van der Waals surface area contributed by atoms with Crippen LogP contribution in [0.25, 0.3) is 0 Å². The van der Waals surface area contributed by atoms with Crippen molar-refractivity contribution in [3.8, 4) is 0 Å². The summed E-state index contributed by atoms with van der Waals surface area (Å²) in [6.45, 7) is 1.88. The van der Waals surface area contributed by atoms with E-state index in [1.165, 1.54) is 11.6 Å². The maximum Gasteiger partial charge on any atom is 0.314 e. The van der Waals surface area contributed by atoms with Gasteiger partial charge in [0, 0.05) is 18.6 Å². The Balaban J connectivity index is 0.000000209. The Kier molecular flexibility index (Phi) is 6.45. The molecule has 6 heteroatoms. The number of halogens is 2. The number of rotatable bonds is 5. The average Bonchev–Trinajstić information content (AvgIpc) is 3.41. The number of carbonyl (C=O) groups is 1. The SMILES string of the molecule is CNC(C)c1ccccc1.O=C(O)[C@@]1(c2ccc(F)c(F)c2)C[C@H]1CO. The first kappa shape index (κ1) is 20.0. The third kappa shape index (κ3) is 4.08. The molecular weight excluding hydrogens is 340 g/mol. The van der Waals surface area contributed by atoms with E-state index in [2.05, 4.69) is 36.5 Å². The van der Waals surface area contributed by atoms with Gasteiger partial charge in [-0.3, -0.25) is 4.79 Å². The number of hydrogen-bond acceptors (Lipinski definition) is 3. The lowest BCUT2D eigenvalue weighted by molar-refractivity contribution is -0.140. The fourth-order valence-corrected chi connectivity index (χ4v) is 2.97. The zero-order valence-electron chi connectivity index (χ0n) is 14.7. The molecule has 0 radical (unpaired) electrons. The Morgan fingerprint density at radius 3 is 2.35 bits per heavy atom. The summed E-state index contributed by atoms with van der Waals surface area (Å²) in [5, 5.41) is 21.2. The van der Waals surface area contributed by atoms with Crippen molar-refractivity contribution in [2.75, 3.05) is 13.7 Å². The van der Waals surface area contributed by atoms with Gasteiger partial charge in [0.25, 0.3) is 0 Å². The Morgan fingerprint density at radius 1 is 1.23 bits per heavy atom. The first-order valence-corrected chi connectivity index (χ1v) is 8.38. The van der Waals surface area contributed by atoms with E-state index >= 15 is 0 Å². The number of nitrogens with one attached hydrogen (secondary N) is 1. The largest absolute Gasteiger partial charge is 0.481 e. The van der Waals surface area contributed by atoms with Crippen LogP contribution in [0.15, 0.2) is 48.5 Å². The second kappa shape index (κ2) is 8.38. The molecule has 0 bridgehead atoms. The third-order valence-corrected chi connectivity index (χ3v) is 4.87. The van der Waals surface area contributed by atoms with Crippen LogP contribution in [0.1, 0.15) is 30.5 Å². The zero-order valence-corrected chi connectivity index (χ0v) is 14.7. The number of carboxylic acid groups (broad SMARTS) is 1. The number of aliphatic hydroxyl groups excluding tert-OH is 1. The summed E-state index contributed by atoms with van der Waals surface area (Å²) >= 11 is 0. The standard InChI is InChI=1S/C11H10F2O3.C9H13N/c12-8-2-1-6(3-9(8)13)11(10(15)16)4-7(11)5-14;1-8(10-2)9-6-4-3-5-7-9/h1-3,7,14H,4-5H2,(H,15,16);3-8,10H,1-2H3/t7-,11+;/m0./s1. The molecule has 3 N–H and O–H groups in total. The molecule has 1 saturated carbocycles. The molecule has 0 heterocycles. The van der Waals surface area contributed by atoms with E-state index in [1.807, 2.05) is 13.1 Å². The number of benzene rings is 2. The van der Waals surface area contributed by atoms with Gasteiger partial charge in [0.15, 0.2) is 11.6 Å². The second-order valence-electron chi connectivity index (χ2n) is 6.41. The molecule has 140 valence electrons. The lowest BCUT2D eigenvalue weighted by Gasteiger charge is -2.12. The summed E-state index contributed by atoms with van der Waals surface area (Å²) in [7, 11) is 1.97. The third-order valence-electron chi connectivity index (χ3n) is 4.87. The van der Waals surface area contributed by atoms with Crippen molar-refractivity contribution in [2.24, 2.45) is 5.92 Å². The fourth-order valence-electron chi connectivity index (χ4n) is 2.97. The smallest absolute Gasteiger partial charge is 0.314 e.